The summed E-state index contributed by atoms with van der Waals surface area (Å²) in [6.45, 7) is 0. The van der Waals surface area contributed by atoms with Crippen LogP contribution in [-0.2, 0) is 14.3 Å². The van der Waals surface area contributed by atoms with Gasteiger partial charge in [0.15, 0.2) is 0 Å². The van der Waals surface area contributed by atoms with Crippen molar-refractivity contribution in [3.05, 3.63) is 65.4 Å². The highest BCUT2D eigenvalue weighted by atomic mass is 16.5. The van der Waals surface area contributed by atoms with E-state index in [2.05, 4.69) is 10.1 Å². The Morgan fingerprint density at radius 3 is 2.40 bits per heavy atom. The number of ether oxygens (including phenoxy) is 3. The van der Waals surface area contributed by atoms with E-state index in [0.29, 0.717) is 17.1 Å². The first-order valence-electron chi connectivity index (χ1n) is 8.82. The Balaban J connectivity index is 1.82. The molecule has 8 heteroatoms. The van der Waals surface area contributed by atoms with Crippen molar-refractivity contribution in [2.75, 3.05) is 26.6 Å². The number of carbonyl (C=O) groups is 3. The Hall–Kier alpha value is -4.07. The maximum Gasteiger partial charge on any atom is 0.339 e. The van der Waals surface area contributed by atoms with Crippen LogP contribution in [0, 0.1) is 0 Å². The molecule has 3 aromatic rings. The predicted molar refractivity (Wildman–Crippen MR) is 110 cm³/mol. The molecule has 8 nitrogen and oxygen atoms in total. The predicted octanol–water partition coefficient (Wildman–Crippen LogP) is 3.67. The standard InChI is InChI=1S/C22H19NO7/c1-27-15-5-8-19-14(10-15)11-16(30-19)6-9-20(24)23-18-12-13(21(25)28-2)4-7-17(18)22(26)29-3/h4-12H,1-3H3,(H,23,24). The van der Waals surface area contributed by atoms with Gasteiger partial charge in [0.2, 0.25) is 5.91 Å². The fourth-order valence-corrected chi connectivity index (χ4v) is 2.76. The average molecular weight is 409 g/mol. The molecule has 154 valence electrons. The van der Waals surface area contributed by atoms with Gasteiger partial charge in [0.1, 0.15) is 17.1 Å². The van der Waals surface area contributed by atoms with Crippen LogP contribution in [0.15, 0.2) is 53.0 Å². The summed E-state index contributed by atoms with van der Waals surface area (Å²) < 4.78 is 20.2. The number of methoxy groups -OCH3 is 3. The number of furan rings is 1. The minimum absolute atomic E-state index is 0.0998. The molecule has 0 fully saturated rings. The molecule has 0 atom stereocenters. The minimum atomic E-state index is -0.656. The summed E-state index contributed by atoms with van der Waals surface area (Å²) in [6, 6.07) is 11.3. The van der Waals surface area contributed by atoms with Gasteiger partial charge in [-0.05, 0) is 48.5 Å². The molecule has 0 aliphatic carbocycles. The zero-order valence-electron chi connectivity index (χ0n) is 16.6. The fraction of sp³-hybridized carbons (Fsp3) is 0.136. The summed E-state index contributed by atoms with van der Waals surface area (Å²) in [4.78, 5) is 36.1. The zero-order chi connectivity index (χ0) is 21.7. The molecule has 0 bridgehead atoms. The second-order valence-electron chi connectivity index (χ2n) is 6.12. The molecule has 30 heavy (non-hydrogen) atoms. The first kappa shape index (κ1) is 20.7. The van der Waals surface area contributed by atoms with E-state index in [1.807, 2.05) is 6.07 Å². The lowest BCUT2D eigenvalue weighted by molar-refractivity contribution is -0.111. The third-order valence-corrected chi connectivity index (χ3v) is 4.25. The summed E-state index contributed by atoms with van der Waals surface area (Å²) in [5, 5.41) is 3.40. The molecule has 1 aromatic heterocycles. The van der Waals surface area contributed by atoms with Crippen LogP contribution < -0.4 is 10.1 Å². The molecule has 1 amide bonds. The summed E-state index contributed by atoms with van der Waals surface area (Å²) >= 11 is 0. The molecular weight excluding hydrogens is 390 g/mol. The minimum Gasteiger partial charge on any atom is -0.497 e. The van der Waals surface area contributed by atoms with Crippen LogP contribution >= 0.6 is 0 Å². The van der Waals surface area contributed by atoms with Crippen molar-refractivity contribution in [2.45, 2.75) is 0 Å². The smallest absolute Gasteiger partial charge is 0.339 e. The van der Waals surface area contributed by atoms with Gasteiger partial charge < -0.3 is 23.9 Å². The van der Waals surface area contributed by atoms with E-state index < -0.39 is 17.8 Å². The SMILES string of the molecule is COC(=O)c1ccc(C(=O)OC)c(NC(=O)C=Cc2cc3cc(OC)ccc3o2)c1. The van der Waals surface area contributed by atoms with E-state index in [1.54, 1.807) is 25.3 Å². The largest absolute Gasteiger partial charge is 0.497 e. The number of amides is 1. The van der Waals surface area contributed by atoms with Crippen molar-refractivity contribution < 1.29 is 33.0 Å². The van der Waals surface area contributed by atoms with E-state index in [-0.39, 0.29) is 16.8 Å². The fourth-order valence-electron chi connectivity index (χ4n) is 2.76. The van der Waals surface area contributed by atoms with Crippen LogP contribution in [-0.4, -0.2) is 39.2 Å². The third-order valence-electron chi connectivity index (χ3n) is 4.25. The molecular formula is C22H19NO7. The number of hydrogen-bond donors (Lipinski definition) is 1. The number of nitrogens with one attached hydrogen (secondary N) is 1. The van der Waals surface area contributed by atoms with Crippen LogP contribution in [0.1, 0.15) is 26.5 Å². The Morgan fingerprint density at radius 2 is 1.70 bits per heavy atom. The highest BCUT2D eigenvalue weighted by Crippen LogP contribution is 2.25. The number of esters is 2. The molecule has 0 aliphatic rings. The van der Waals surface area contributed by atoms with Crippen molar-refractivity contribution >= 4 is 40.6 Å². The molecule has 1 N–H and O–H groups in total. The molecule has 2 aromatic carbocycles. The summed E-state index contributed by atoms with van der Waals surface area (Å²) in [6.07, 6.45) is 2.74. The summed E-state index contributed by atoms with van der Waals surface area (Å²) in [5.74, 6) is -0.630. The number of carbonyl (C=O) groups excluding carboxylic acids is 3. The van der Waals surface area contributed by atoms with Crippen molar-refractivity contribution in [2.24, 2.45) is 0 Å². The van der Waals surface area contributed by atoms with E-state index in [4.69, 9.17) is 13.9 Å². The van der Waals surface area contributed by atoms with Crippen LogP contribution in [0.4, 0.5) is 5.69 Å². The first-order chi connectivity index (χ1) is 14.4. The topological polar surface area (TPSA) is 104 Å². The van der Waals surface area contributed by atoms with Crippen LogP contribution in [0.25, 0.3) is 17.0 Å². The maximum atomic E-state index is 12.4. The highest BCUT2D eigenvalue weighted by Gasteiger charge is 2.16. The van der Waals surface area contributed by atoms with E-state index in [0.717, 1.165) is 5.39 Å². The van der Waals surface area contributed by atoms with Gasteiger partial charge >= 0.3 is 11.9 Å². The van der Waals surface area contributed by atoms with E-state index in [1.165, 1.54) is 44.6 Å². The molecule has 0 saturated heterocycles. The van der Waals surface area contributed by atoms with E-state index in [9.17, 15) is 14.4 Å². The summed E-state index contributed by atoms with van der Waals surface area (Å²) in [5.41, 5.74) is 1.04. The molecule has 0 radical (unpaired) electrons. The number of fused-ring (bicyclic) bond motifs is 1. The van der Waals surface area contributed by atoms with E-state index >= 15 is 0 Å². The molecule has 0 spiro atoms. The van der Waals surface area contributed by atoms with Gasteiger partial charge in [-0.3, -0.25) is 4.79 Å². The van der Waals surface area contributed by atoms with Crippen LogP contribution in [0.2, 0.25) is 0 Å². The second kappa shape index (κ2) is 8.95. The van der Waals surface area contributed by atoms with Crippen molar-refractivity contribution in [1.82, 2.24) is 0 Å². The Kier molecular flexibility index (Phi) is 6.17. The molecule has 1 heterocycles. The lowest BCUT2D eigenvalue weighted by Crippen LogP contribution is -2.14. The zero-order valence-corrected chi connectivity index (χ0v) is 16.6. The van der Waals surface area contributed by atoms with Crippen molar-refractivity contribution in [3.63, 3.8) is 0 Å². The van der Waals surface area contributed by atoms with Crippen molar-refractivity contribution in [1.29, 1.82) is 0 Å². The van der Waals surface area contributed by atoms with Gasteiger partial charge in [-0.1, -0.05) is 0 Å². The lowest BCUT2D eigenvalue weighted by atomic mass is 10.1. The number of hydrogen-bond acceptors (Lipinski definition) is 7. The molecule has 0 saturated carbocycles. The van der Waals surface area contributed by atoms with Crippen LogP contribution in [0.3, 0.4) is 0 Å². The highest BCUT2D eigenvalue weighted by molar-refractivity contribution is 6.07. The van der Waals surface area contributed by atoms with Gasteiger partial charge in [0.05, 0.1) is 38.1 Å². The Labute approximate surface area is 172 Å². The van der Waals surface area contributed by atoms with Crippen LogP contribution in [0.5, 0.6) is 5.75 Å². The maximum absolute atomic E-state index is 12.4. The second-order valence-corrected chi connectivity index (χ2v) is 6.12. The van der Waals surface area contributed by atoms with Gasteiger partial charge in [-0.15, -0.1) is 0 Å². The number of anilines is 1. The number of rotatable bonds is 6. The molecule has 0 unspecified atom stereocenters. The number of benzene rings is 2. The monoisotopic (exact) mass is 409 g/mol. The van der Waals surface area contributed by atoms with Gasteiger partial charge in [0, 0.05) is 11.5 Å². The van der Waals surface area contributed by atoms with Crippen molar-refractivity contribution in [3.8, 4) is 5.75 Å². The quantitative estimate of drug-likeness (QED) is 0.489. The Morgan fingerprint density at radius 1 is 0.933 bits per heavy atom. The normalized spacial score (nSPS) is 10.8. The summed E-state index contributed by atoms with van der Waals surface area (Å²) in [7, 11) is 4.03. The molecule has 3 rings (SSSR count). The van der Waals surface area contributed by atoms with Gasteiger partial charge in [-0.25, -0.2) is 9.59 Å². The van der Waals surface area contributed by atoms with Gasteiger partial charge in [-0.2, -0.15) is 0 Å². The average Bonchev–Trinajstić information content (AvgIpc) is 3.18. The lowest BCUT2D eigenvalue weighted by Gasteiger charge is -2.10. The van der Waals surface area contributed by atoms with Gasteiger partial charge in [0.25, 0.3) is 0 Å². The first-order valence-corrected chi connectivity index (χ1v) is 8.82. The Bertz CT molecular complexity index is 1140. The third kappa shape index (κ3) is 4.49. The molecule has 0 aliphatic heterocycles.